The van der Waals surface area contributed by atoms with E-state index in [0.29, 0.717) is 30.3 Å². The molecule has 11 heteroatoms. The third kappa shape index (κ3) is 5.94. The molecule has 3 fully saturated rings. The predicted molar refractivity (Wildman–Crippen MR) is 135 cm³/mol. The molecule has 0 radical (unpaired) electrons. The van der Waals surface area contributed by atoms with Crippen LogP contribution >= 0.6 is 0 Å². The topological polar surface area (TPSA) is 126 Å². The van der Waals surface area contributed by atoms with Crippen molar-refractivity contribution in [2.24, 2.45) is 17.0 Å². The molecule has 4 aliphatic rings. The van der Waals surface area contributed by atoms with E-state index in [1.54, 1.807) is 0 Å². The van der Waals surface area contributed by atoms with Crippen LogP contribution in [0.1, 0.15) is 64.2 Å². The molecule has 192 valence electrons. The molecule has 1 aromatic rings. The second-order valence-electron chi connectivity index (χ2n) is 10.6. The van der Waals surface area contributed by atoms with Gasteiger partial charge >= 0.3 is 0 Å². The third-order valence-electron chi connectivity index (χ3n) is 7.83. The molecule has 0 amide bonds. The molecule has 1 unspecified atom stereocenters. The lowest BCUT2D eigenvalue weighted by atomic mass is 9.76. The Morgan fingerprint density at radius 2 is 1.71 bits per heavy atom. The predicted octanol–water partition coefficient (Wildman–Crippen LogP) is 3.50. The van der Waals surface area contributed by atoms with E-state index in [0.717, 1.165) is 76.9 Å². The van der Waals surface area contributed by atoms with E-state index in [4.69, 9.17) is 10.1 Å². The fourth-order valence-electron chi connectivity index (χ4n) is 5.46. The Bertz CT molecular complexity index is 1080. The SMILES string of the molecule is NS(=O)(=O)C1(CC2CCC(CNc3nc(NC4CC4)nc(N4CCCC4)n3)CC2)C=CC(F)=CC1. The second-order valence-corrected chi connectivity index (χ2v) is 12.5. The van der Waals surface area contributed by atoms with Crippen LogP contribution in [-0.4, -0.2) is 53.8 Å². The zero-order valence-electron chi connectivity index (χ0n) is 20.1. The molecule has 5 rings (SSSR count). The van der Waals surface area contributed by atoms with E-state index in [2.05, 4.69) is 25.5 Å². The molecule has 9 nitrogen and oxygen atoms in total. The van der Waals surface area contributed by atoms with E-state index in [9.17, 15) is 12.8 Å². The smallest absolute Gasteiger partial charge is 0.231 e. The molecule has 1 aliphatic heterocycles. The average molecular weight is 506 g/mol. The molecule has 0 aromatic carbocycles. The fraction of sp³-hybridized carbons (Fsp3) is 0.708. The largest absolute Gasteiger partial charge is 0.354 e. The molecule has 2 saturated carbocycles. The quantitative estimate of drug-likeness (QED) is 0.466. The van der Waals surface area contributed by atoms with Crippen molar-refractivity contribution in [2.45, 2.75) is 75.0 Å². The number of hydrogen-bond donors (Lipinski definition) is 3. The molecule has 1 atom stereocenters. The molecule has 2 heterocycles. The minimum Gasteiger partial charge on any atom is -0.354 e. The van der Waals surface area contributed by atoms with Gasteiger partial charge in [0.25, 0.3) is 0 Å². The number of sulfonamides is 1. The number of aromatic nitrogens is 3. The lowest BCUT2D eigenvalue weighted by molar-refractivity contribution is 0.257. The number of halogens is 1. The summed E-state index contributed by atoms with van der Waals surface area (Å²) in [5.74, 6) is 2.31. The zero-order valence-corrected chi connectivity index (χ0v) is 20.9. The van der Waals surface area contributed by atoms with Gasteiger partial charge < -0.3 is 15.5 Å². The molecule has 0 bridgehead atoms. The third-order valence-corrected chi connectivity index (χ3v) is 9.43. The number of primary sulfonamides is 1. The van der Waals surface area contributed by atoms with Crippen molar-refractivity contribution in [3.8, 4) is 0 Å². The van der Waals surface area contributed by atoms with Gasteiger partial charge in [-0.05, 0) is 75.4 Å². The minimum absolute atomic E-state index is 0.103. The summed E-state index contributed by atoms with van der Waals surface area (Å²) in [6.45, 7) is 2.73. The van der Waals surface area contributed by atoms with Crippen LogP contribution < -0.4 is 20.7 Å². The average Bonchev–Trinajstić information content (AvgIpc) is 3.47. The summed E-state index contributed by atoms with van der Waals surface area (Å²) in [6, 6.07) is 0.471. The zero-order chi connectivity index (χ0) is 24.5. The molecule has 35 heavy (non-hydrogen) atoms. The van der Waals surface area contributed by atoms with Crippen LogP contribution in [0, 0.1) is 11.8 Å². The molecular weight excluding hydrogens is 469 g/mol. The summed E-state index contributed by atoms with van der Waals surface area (Å²) < 4.78 is 37.0. The standard InChI is InChI=1S/C24H36FN7O2S/c25-19-9-11-24(12-10-19,35(26,33)34)15-17-3-5-18(6-4-17)16-27-21-29-22(28-20-7-8-20)31-23(30-21)32-13-1-2-14-32/h9-11,17-18,20H,1-8,12-16H2,(H2,26,33,34)(H2,27,28,29,30,31). The molecule has 1 saturated heterocycles. The first-order valence-corrected chi connectivity index (χ1v) is 14.4. The second kappa shape index (κ2) is 10.0. The van der Waals surface area contributed by atoms with Gasteiger partial charge in [-0.3, -0.25) is 0 Å². The maximum atomic E-state index is 13.5. The van der Waals surface area contributed by atoms with Crippen molar-refractivity contribution < 1.29 is 12.8 Å². The summed E-state index contributed by atoms with van der Waals surface area (Å²) in [5, 5.41) is 12.4. The van der Waals surface area contributed by atoms with Gasteiger partial charge in [0.15, 0.2) is 0 Å². The van der Waals surface area contributed by atoms with Gasteiger partial charge in [0, 0.05) is 25.7 Å². The van der Waals surface area contributed by atoms with Gasteiger partial charge in [0.05, 0.1) is 0 Å². The summed E-state index contributed by atoms with van der Waals surface area (Å²) in [7, 11) is -3.83. The van der Waals surface area contributed by atoms with Crippen LogP contribution in [0.4, 0.5) is 22.2 Å². The first-order chi connectivity index (χ1) is 16.8. The summed E-state index contributed by atoms with van der Waals surface area (Å²) in [4.78, 5) is 16.2. The van der Waals surface area contributed by atoms with Gasteiger partial charge in [0.2, 0.25) is 27.9 Å². The first-order valence-electron chi connectivity index (χ1n) is 12.9. The van der Waals surface area contributed by atoms with Crippen molar-refractivity contribution in [2.75, 3.05) is 35.2 Å². The number of hydrogen-bond acceptors (Lipinski definition) is 8. The van der Waals surface area contributed by atoms with Crippen LogP contribution in [0.15, 0.2) is 24.1 Å². The summed E-state index contributed by atoms with van der Waals surface area (Å²) in [5.41, 5.74) is 0. The Hall–Kier alpha value is -2.27. The van der Waals surface area contributed by atoms with Crippen molar-refractivity contribution in [1.82, 2.24) is 15.0 Å². The van der Waals surface area contributed by atoms with Crippen molar-refractivity contribution in [3.63, 3.8) is 0 Å². The maximum absolute atomic E-state index is 13.5. The van der Waals surface area contributed by atoms with Gasteiger partial charge in [-0.1, -0.05) is 18.9 Å². The molecule has 1 aromatic heterocycles. The number of anilines is 3. The first kappa shape index (κ1) is 24.4. The van der Waals surface area contributed by atoms with Crippen LogP contribution in [0.5, 0.6) is 0 Å². The van der Waals surface area contributed by atoms with E-state index in [1.807, 2.05) is 0 Å². The van der Waals surface area contributed by atoms with Crippen molar-refractivity contribution in [1.29, 1.82) is 0 Å². The van der Waals surface area contributed by atoms with Gasteiger partial charge in [-0.2, -0.15) is 15.0 Å². The Morgan fingerprint density at radius 3 is 2.34 bits per heavy atom. The number of rotatable bonds is 9. The Morgan fingerprint density at radius 1 is 1.03 bits per heavy atom. The molecule has 4 N–H and O–H groups in total. The van der Waals surface area contributed by atoms with Crippen LogP contribution in [-0.2, 0) is 10.0 Å². The Kier molecular flexibility index (Phi) is 6.98. The van der Waals surface area contributed by atoms with E-state index in [-0.39, 0.29) is 12.3 Å². The lowest BCUT2D eigenvalue weighted by Gasteiger charge is -2.36. The fourth-order valence-corrected chi connectivity index (χ4v) is 6.50. The van der Waals surface area contributed by atoms with Crippen molar-refractivity contribution >= 4 is 27.9 Å². The maximum Gasteiger partial charge on any atom is 0.231 e. The minimum atomic E-state index is -3.83. The lowest BCUT2D eigenvalue weighted by Crippen LogP contribution is -2.44. The highest BCUT2D eigenvalue weighted by atomic mass is 32.2. The summed E-state index contributed by atoms with van der Waals surface area (Å²) >= 11 is 0. The van der Waals surface area contributed by atoms with Crippen LogP contribution in [0.25, 0.3) is 0 Å². The molecule has 3 aliphatic carbocycles. The monoisotopic (exact) mass is 505 g/mol. The summed E-state index contributed by atoms with van der Waals surface area (Å²) in [6.07, 6.45) is 13.0. The number of nitrogens with one attached hydrogen (secondary N) is 2. The van der Waals surface area contributed by atoms with Gasteiger partial charge in [-0.15, -0.1) is 0 Å². The normalized spacial score (nSPS) is 29.2. The van der Waals surface area contributed by atoms with E-state index >= 15 is 0 Å². The molecular formula is C24H36FN7O2S. The highest BCUT2D eigenvalue weighted by molar-refractivity contribution is 7.90. The Balaban J connectivity index is 1.17. The number of nitrogens with two attached hydrogens (primary N) is 1. The van der Waals surface area contributed by atoms with Crippen molar-refractivity contribution in [3.05, 3.63) is 24.1 Å². The van der Waals surface area contributed by atoms with Crippen LogP contribution in [0.3, 0.4) is 0 Å². The van der Waals surface area contributed by atoms with Gasteiger partial charge in [0.1, 0.15) is 10.6 Å². The highest BCUT2D eigenvalue weighted by Gasteiger charge is 2.42. The molecule has 0 spiro atoms. The number of allylic oxidation sites excluding steroid dienone is 3. The van der Waals surface area contributed by atoms with Crippen LogP contribution in [0.2, 0.25) is 0 Å². The number of nitrogens with zero attached hydrogens (tertiary/aromatic N) is 4. The Labute approximate surface area is 206 Å². The van der Waals surface area contributed by atoms with Gasteiger partial charge in [-0.25, -0.2) is 17.9 Å². The van der Waals surface area contributed by atoms with E-state index < -0.39 is 20.6 Å². The van der Waals surface area contributed by atoms with E-state index in [1.165, 1.54) is 18.2 Å². The highest BCUT2D eigenvalue weighted by Crippen LogP contribution is 2.40.